The third-order valence-electron chi connectivity index (χ3n) is 4.61. The third-order valence-corrected chi connectivity index (χ3v) is 6.27. The second-order valence-corrected chi connectivity index (χ2v) is 9.14. The number of hydrogen-bond donors (Lipinski definition) is 0. The summed E-state index contributed by atoms with van der Waals surface area (Å²) in [7, 11) is 0. The van der Waals surface area contributed by atoms with Crippen LogP contribution in [0.1, 0.15) is 31.4 Å². The Hall–Kier alpha value is -2.22. The SMILES string of the molecule is CCOc1cc(/C=C2/SC(=S)N(CC)C2=O)cc(Cl)c1OCCCOc1cccc(C)c1. The van der Waals surface area contributed by atoms with E-state index >= 15 is 0 Å². The minimum Gasteiger partial charge on any atom is -0.493 e. The average Bonchev–Trinajstić information content (AvgIpc) is 3.02. The molecule has 0 aromatic heterocycles. The lowest BCUT2D eigenvalue weighted by Gasteiger charge is -2.15. The summed E-state index contributed by atoms with van der Waals surface area (Å²) in [5, 5.41) is 0.424. The van der Waals surface area contributed by atoms with Crippen LogP contribution in [0.25, 0.3) is 6.08 Å². The van der Waals surface area contributed by atoms with Gasteiger partial charge in [-0.2, -0.15) is 0 Å². The average molecular weight is 492 g/mol. The third kappa shape index (κ3) is 6.18. The molecule has 0 aliphatic carbocycles. The molecule has 32 heavy (non-hydrogen) atoms. The van der Waals surface area contributed by atoms with Gasteiger partial charge in [-0.1, -0.05) is 47.7 Å². The van der Waals surface area contributed by atoms with E-state index in [1.165, 1.54) is 11.8 Å². The van der Waals surface area contributed by atoms with E-state index in [1.807, 2.05) is 51.1 Å². The fraction of sp³-hybridized carbons (Fsp3) is 0.333. The number of aryl methyl sites for hydroxylation is 1. The lowest BCUT2D eigenvalue weighted by atomic mass is 10.1. The van der Waals surface area contributed by atoms with Crippen LogP contribution in [0.2, 0.25) is 5.02 Å². The van der Waals surface area contributed by atoms with E-state index in [4.69, 9.17) is 38.0 Å². The molecule has 1 aliphatic rings. The van der Waals surface area contributed by atoms with Crippen molar-refractivity contribution >= 4 is 51.9 Å². The predicted octanol–water partition coefficient (Wildman–Crippen LogP) is 6.12. The van der Waals surface area contributed by atoms with Gasteiger partial charge in [0.05, 0.1) is 29.7 Å². The van der Waals surface area contributed by atoms with Gasteiger partial charge in [0.25, 0.3) is 5.91 Å². The lowest BCUT2D eigenvalue weighted by Crippen LogP contribution is -2.27. The zero-order chi connectivity index (χ0) is 23.1. The molecular weight excluding hydrogens is 466 g/mol. The maximum absolute atomic E-state index is 12.5. The molecule has 1 saturated heterocycles. The van der Waals surface area contributed by atoms with Crippen LogP contribution in [0.15, 0.2) is 41.3 Å². The second-order valence-electron chi connectivity index (χ2n) is 7.06. The van der Waals surface area contributed by atoms with Crippen molar-refractivity contribution in [2.75, 3.05) is 26.4 Å². The number of ether oxygens (including phenoxy) is 3. The van der Waals surface area contributed by atoms with Crippen molar-refractivity contribution < 1.29 is 19.0 Å². The molecule has 1 heterocycles. The maximum Gasteiger partial charge on any atom is 0.266 e. The molecule has 1 amide bonds. The van der Waals surface area contributed by atoms with Crippen LogP contribution in [0.4, 0.5) is 0 Å². The molecule has 5 nitrogen and oxygen atoms in total. The van der Waals surface area contributed by atoms with E-state index in [-0.39, 0.29) is 5.91 Å². The van der Waals surface area contributed by atoms with Crippen LogP contribution in [-0.2, 0) is 4.79 Å². The molecule has 0 unspecified atom stereocenters. The summed E-state index contributed by atoms with van der Waals surface area (Å²) >= 11 is 13.1. The highest BCUT2D eigenvalue weighted by Gasteiger charge is 2.30. The monoisotopic (exact) mass is 491 g/mol. The van der Waals surface area contributed by atoms with Gasteiger partial charge < -0.3 is 14.2 Å². The van der Waals surface area contributed by atoms with E-state index < -0.39 is 0 Å². The molecular formula is C24H26ClNO4S2. The minimum absolute atomic E-state index is 0.0921. The zero-order valence-corrected chi connectivity index (χ0v) is 20.7. The van der Waals surface area contributed by atoms with Crippen LogP contribution in [0.5, 0.6) is 17.2 Å². The smallest absolute Gasteiger partial charge is 0.266 e. The standard InChI is InChI=1S/C24H26ClNO4S2/c1-4-26-23(27)21(32-24(26)31)15-17-13-19(25)22(20(14-17)28-5-2)30-11-7-10-29-18-9-6-8-16(3)12-18/h6,8-9,12-15H,4-5,7,10-11H2,1-3H3/b21-15+. The van der Waals surface area contributed by atoms with E-state index in [2.05, 4.69) is 0 Å². The molecule has 0 N–H and O–H groups in total. The van der Waals surface area contributed by atoms with Crippen molar-refractivity contribution in [2.45, 2.75) is 27.2 Å². The Labute approximate surface area is 203 Å². The summed E-state index contributed by atoms with van der Waals surface area (Å²) in [5.74, 6) is 1.78. The second kappa shape index (κ2) is 11.6. The number of thiocarbonyl (C=S) groups is 1. The Kier molecular flexibility index (Phi) is 8.84. The van der Waals surface area contributed by atoms with Gasteiger partial charge in [0.15, 0.2) is 11.5 Å². The molecule has 3 rings (SSSR count). The highest BCUT2D eigenvalue weighted by atomic mass is 35.5. The number of halogens is 1. The summed E-state index contributed by atoms with van der Waals surface area (Å²) in [6.07, 6.45) is 2.47. The summed E-state index contributed by atoms with van der Waals surface area (Å²) in [6, 6.07) is 11.5. The van der Waals surface area contributed by atoms with Gasteiger partial charge in [0.1, 0.15) is 10.1 Å². The predicted molar refractivity (Wildman–Crippen MR) is 135 cm³/mol. The molecule has 0 atom stereocenters. The molecule has 2 aromatic rings. The van der Waals surface area contributed by atoms with Crippen LogP contribution < -0.4 is 14.2 Å². The van der Waals surface area contributed by atoms with Crippen molar-refractivity contribution in [1.82, 2.24) is 4.90 Å². The van der Waals surface area contributed by atoms with Gasteiger partial charge in [-0.3, -0.25) is 9.69 Å². The van der Waals surface area contributed by atoms with Crippen molar-refractivity contribution in [3.63, 3.8) is 0 Å². The zero-order valence-electron chi connectivity index (χ0n) is 18.4. The quantitative estimate of drug-likeness (QED) is 0.227. The summed E-state index contributed by atoms with van der Waals surface area (Å²) < 4.78 is 18.0. The van der Waals surface area contributed by atoms with E-state index in [0.717, 1.165) is 16.9 Å². The topological polar surface area (TPSA) is 48.0 Å². The largest absolute Gasteiger partial charge is 0.493 e. The number of likely N-dealkylation sites (N-methyl/N-ethyl adjacent to an activating group) is 1. The fourth-order valence-corrected chi connectivity index (χ4v) is 4.78. The number of carbonyl (C=O) groups is 1. The molecule has 1 fully saturated rings. The minimum atomic E-state index is -0.0921. The van der Waals surface area contributed by atoms with Crippen LogP contribution in [-0.4, -0.2) is 41.5 Å². The first-order valence-electron chi connectivity index (χ1n) is 10.5. The van der Waals surface area contributed by atoms with E-state index in [0.29, 0.717) is 58.5 Å². The Balaban J connectivity index is 1.66. The highest BCUT2D eigenvalue weighted by molar-refractivity contribution is 8.26. The van der Waals surface area contributed by atoms with Gasteiger partial charge in [-0.25, -0.2) is 0 Å². The van der Waals surface area contributed by atoms with Gasteiger partial charge >= 0.3 is 0 Å². The van der Waals surface area contributed by atoms with Crippen molar-refractivity contribution in [2.24, 2.45) is 0 Å². The number of amides is 1. The van der Waals surface area contributed by atoms with Crippen LogP contribution in [0, 0.1) is 6.92 Å². The van der Waals surface area contributed by atoms with Crippen LogP contribution >= 0.6 is 35.6 Å². The Morgan fingerprint density at radius 1 is 1.12 bits per heavy atom. The Morgan fingerprint density at radius 2 is 1.91 bits per heavy atom. The molecule has 0 spiro atoms. The van der Waals surface area contributed by atoms with Gasteiger partial charge in [-0.15, -0.1) is 0 Å². The molecule has 0 radical (unpaired) electrons. The van der Waals surface area contributed by atoms with Crippen molar-refractivity contribution in [3.8, 4) is 17.2 Å². The first kappa shape index (κ1) is 24.4. The van der Waals surface area contributed by atoms with Crippen molar-refractivity contribution in [3.05, 3.63) is 57.5 Å². The molecule has 8 heteroatoms. The first-order chi connectivity index (χ1) is 15.4. The molecule has 170 valence electrons. The maximum atomic E-state index is 12.5. The number of rotatable bonds is 10. The lowest BCUT2D eigenvalue weighted by molar-refractivity contribution is -0.121. The summed E-state index contributed by atoms with van der Waals surface area (Å²) in [4.78, 5) is 14.6. The number of benzene rings is 2. The summed E-state index contributed by atoms with van der Waals surface area (Å²) in [5.41, 5.74) is 1.91. The molecule has 0 bridgehead atoms. The van der Waals surface area contributed by atoms with Gasteiger partial charge in [-0.05, 0) is 62.2 Å². The highest BCUT2D eigenvalue weighted by Crippen LogP contribution is 2.39. The van der Waals surface area contributed by atoms with Crippen molar-refractivity contribution in [1.29, 1.82) is 0 Å². The molecule has 2 aromatic carbocycles. The Morgan fingerprint density at radius 3 is 2.59 bits per heavy atom. The van der Waals surface area contributed by atoms with Gasteiger partial charge in [0.2, 0.25) is 0 Å². The first-order valence-corrected chi connectivity index (χ1v) is 12.1. The number of thioether (sulfide) groups is 1. The fourth-order valence-electron chi connectivity index (χ4n) is 3.13. The van der Waals surface area contributed by atoms with E-state index in [1.54, 1.807) is 17.0 Å². The Bertz CT molecular complexity index is 1030. The number of nitrogens with zero attached hydrogens (tertiary/aromatic N) is 1. The van der Waals surface area contributed by atoms with Gasteiger partial charge in [0, 0.05) is 13.0 Å². The van der Waals surface area contributed by atoms with Crippen LogP contribution in [0.3, 0.4) is 0 Å². The molecule has 1 aliphatic heterocycles. The number of hydrogen-bond acceptors (Lipinski definition) is 6. The number of carbonyl (C=O) groups excluding carboxylic acids is 1. The molecule has 0 saturated carbocycles. The normalized spacial score (nSPS) is 14.9. The van der Waals surface area contributed by atoms with E-state index in [9.17, 15) is 4.79 Å². The summed E-state index contributed by atoms with van der Waals surface area (Å²) in [6.45, 7) is 7.80.